The van der Waals surface area contributed by atoms with Crippen LogP contribution in [-0.2, 0) is 6.61 Å². The monoisotopic (exact) mass is 604 g/mol. The summed E-state index contributed by atoms with van der Waals surface area (Å²) < 4.78 is 66.4. The molecular formula is C35H35F3N2O4. The average molecular weight is 605 g/mol. The summed E-state index contributed by atoms with van der Waals surface area (Å²) in [5.74, 6) is 0.513. The van der Waals surface area contributed by atoms with E-state index in [2.05, 4.69) is 4.90 Å². The number of likely N-dealkylation sites (tertiary alicyclic amines) is 1. The molecule has 2 aliphatic rings. The molecule has 230 valence electrons. The molecule has 2 heterocycles. The van der Waals surface area contributed by atoms with Gasteiger partial charge in [-0.15, -0.1) is 0 Å². The zero-order chi connectivity index (χ0) is 30.5. The molecule has 0 N–H and O–H groups in total. The van der Waals surface area contributed by atoms with Crippen LogP contribution >= 0.6 is 0 Å². The molecule has 0 amide bonds. The highest BCUT2D eigenvalue weighted by molar-refractivity contribution is 5.73. The third kappa shape index (κ3) is 6.58. The van der Waals surface area contributed by atoms with Crippen LogP contribution < -0.4 is 23.8 Å². The van der Waals surface area contributed by atoms with Crippen LogP contribution in [0.15, 0.2) is 84.9 Å². The summed E-state index contributed by atoms with van der Waals surface area (Å²) >= 11 is 0. The second kappa shape index (κ2) is 13.5. The molecule has 0 saturated carbocycles. The molecule has 1 fully saturated rings. The van der Waals surface area contributed by atoms with Crippen molar-refractivity contribution in [2.24, 2.45) is 0 Å². The van der Waals surface area contributed by atoms with Crippen LogP contribution in [0.1, 0.15) is 30.0 Å². The normalized spacial score (nSPS) is 18.0. The lowest BCUT2D eigenvalue weighted by molar-refractivity contribution is 0.191. The number of fused-ring (bicyclic) bond motifs is 1. The average Bonchev–Trinajstić information content (AvgIpc) is 3.50. The molecule has 0 radical (unpaired) electrons. The van der Waals surface area contributed by atoms with Crippen LogP contribution in [0.4, 0.5) is 24.5 Å². The Morgan fingerprint density at radius 3 is 2.50 bits per heavy atom. The zero-order valence-electron chi connectivity index (χ0n) is 24.6. The van der Waals surface area contributed by atoms with E-state index in [0.717, 1.165) is 18.5 Å². The summed E-state index contributed by atoms with van der Waals surface area (Å²) in [5.41, 5.74) is 2.95. The van der Waals surface area contributed by atoms with Gasteiger partial charge in [0.15, 0.2) is 23.1 Å². The summed E-state index contributed by atoms with van der Waals surface area (Å²) in [5, 5.41) is 0. The predicted octanol–water partition coefficient (Wildman–Crippen LogP) is 7.64. The summed E-state index contributed by atoms with van der Waals surface area (Å²) in [6, 6.07) is 24.6. The quantitative estimate of drug-likeness (QED) is 0.175. The fourth-order valence-electron chi connectivity index (χ4n) is 5.80. The minimum Gasteiger partial charge on any atom is -0.494 e. The van der Waals surface area contributed by atoms with Crippen LogP contribution in [0.2, 0.25) is 0 Å². The van der Waals surface area contributed by atoms with Crippen molar-refractivity contribution in [3.05, 3.63) is 108 Å². The van der Waals surface area contributed by atoms with Gasteiger partial charge in [-0.05, 0) is 60.4 Å². The van der Waals surface area contributed by atoms with E-state index < -0.39 is 17.7 Å². The molecule has 6 rings (SSSR count). The molecule has 4 aromatic carbocycles. The number of hydrogen-bond acceptors (Lipinski definition) is 6. The van der Waals surface area contributed by atoms with Gasteiger partial charge in [0.25, 0.3) is 0 Å². The Morgan fingerprint density at radius 2 is 1.73 bits per heavy atom. The Hall–Kier alpha value is -4.37. The molecule has 9 heteroatoms. The van der Waals surface area contributed by atoms with Crippen molar-refractivity contribution in [3.8, 4) is 23.0 Å². The Morgan fingerprint density at radius 1 is 0.909 bits per heavy atom. The van der Waals surface area contributed by atoms with Crippen molar-refractivity contribution in [3.63, 3.8) is 0 Å². The molecule has 2 atom stereocenters. The fourth-order valence-corrected chi connectivity index (χ4v) is 5.80. The van der Waals surface area contributed by atoms with Gasteiger partial charge in [-0.3, -0.25) is 9.29 Å². The van der Waals surface area contributed by atoms with E-state index >= 15 is 4.39 Å². The first-order chi connectivity index (χ1) is 21.5. The lowest BCUT2D eigenvalue weighted by Crippen LogP contribution is -2.33. The summed E-state index contributed by atoms with van der Waals surface area (Å²) in [7, 11) is 1.42. The van der Waals surface area contributed by atoms with Gasteiger partial charge >= 0.3 is 0 Å². The maximum atomic E-state index is 15.6. The highest BCUT2D eigenvalue weighted by Gasteiger charge is 2.32. The molecule has 4 aromatic rings. The van der Waals surface area contributed by atoms with Crippen molar-refractivity contribution in [2.75, 3.05) is 44.9 Å². The van der Waals surface area contributed by atoms with Crippen LogP contribution in [-0.4, -0.2) is 51.0 Å². The van der Waals surface area contributed by atoms with Crippen molar-refractivity contribution in [2.45, 2.75) is 31.6 Å². The maximum absolute atomic E-state index is 15.6. The minimum atomic E-state index is -0.500. The molecular weight excluding hydrogens is 569 g/mol. The second-order valence-corrected chi connectivity index (χ2v) is 11.0. The summed E-state index contributed by atoms with van der Waals surface area (Å²) in [6.07, 6.45) is 1.07. The van der Waals surface area contributed by atoms with Crippen LogP contribution in [0.25, 0.3) is 0 Å². The van der Waals surface area contributed by atoms with E-state index in [4.69, 9.17) is 18.9 Å². The lowest BCUT2D eigenvalue weighted by Gasteiger charge is -2.39. The van der Waals surface area contributed by atoms with Gasteiger partial charge in [0.2, 0.25) is 0 Å². The molecule has 0 spiro atoms. The molecule has 0 aliphatic carbocycles. The molecule has 6 nitrogen and oxygen atoms in total. The third-order valence-electron chi connectivity index (χ3n) is 8.03. The smallest absolute Gasteiger partial charge is 0.167 e. The Labute approximate surface area is 255 Å². The molecule has 1 unspecified atom stereocenters. The van der Waals surface area contributed by atoms with Gasteiger partial charge < -0.3 is 23.8 Å². The van der Waals surface area contributed by atoms with Crippen LogP contribution in [0.3, 0.4) is 0 Å². The highest BCUT2D eigenvalue weighted by atomic mass is 19.1. The standard InChI is InChI=1S/C35H35F3N2O4/c1-41-33-12-8-25(18-29(33)37)32-23-43-35-20-27(42-22-24-6-3-2-4-7-24)10-11-31(35)40(32)26-9-13-34(30(38)19-26)44-28-14-17-39(21-28)16-5-15-36/h2-4,6-13,18-20,28,32H,5,14-17,21-23H2,1H3/t28-,32?/m1/s1. The fraction of sp³-hybridized carbons (Fsp3) is 0.314. The number of hydrogen-bond donors (Lipinski definition) is 0. The first kappa shape index (κ1) is 29.7. The van der Waals surface area contributed by atoms with Gasteiger partial charge in [-0.1, -0.05) is 36.4 Å². The zero-order valence-corrected chi connectivity index (χ0v) is 24.6. The Kier molecular flexibility index (Phi) is 9.12. The van der Waals surface area contributed by atoms with E-state index in [0.29, 0.717) is 54.6 Å². The largest absolute Gasteiger partial charge is 0.494 e. The number of benzene rings is 4. The number of nitrogens with zero attached hydrogens (tertiary/aromatic N) is 2. The van der Waals surface area contributed by atoms with E-state index in [1.165, 1.54) is 19.2 Å². The van der Waals surface area contributed by atoms with Gasteiger partial charge in [-0.2, -0.15) is 0 Å². The number of alkyl halides is 1. The minimum absolute atomic E-state index is 0.139. The molecule has 0 bridgehead atoms. The number of ether oxygens (including phenoxy) is 4. The Bertz CT molecular complexity index is 1570. The van der Waals surface area contributed by atoms with Crippen LogP contribution in [0, 0.1) is 11.6 Å². The number of rotatable bonds is 11. The first-order valence-corrected chi connectivity index (χ1v) is 14.8. The topological polar surface area (TPSA) is 43.4 Å². The van der Waals surface area contributed by atoms with E-state index in [9.17, 15) is 8.78 Å². The van der Waals surface area contributed by atoms with E-state index in [-0.39, 0.29) is 30.9 Å². The SMILES string of the molecule is COc1ccc(C2COc3cc(OCc4ccccc4)ccc3N2c2ccc(O[C@@H]3CCN(CCCF)C3)c(F)c2)cc1F. The highest BCUT2D eigenvalue weighted by Crippen LogP contribution is 2.46. The molecule has 1 saturated heterocycles. The van der Waals surface area contributed by atoms with Crippen molar-refractivity contribution >= 4 is 11.4 Å². The first-order valence-electron chi connectivity index (χ1n) is 14.8. The van der Waals surface area contributed by atoms with Crippen molar-refractivity contribution in [1.29, 1.82) is 0 Å². The number of methoxy groups -OCH3 is 1. The molecule has 0 aromatic heterocycles. The van der Waals surface area contributed by atoms with Gasteiger partial charge in [-0.25, -0.2) is 8.78 Å². The summed E-state index contributed by atoms with van der Waals surface area (Å²) in [6.45, 7) is 2.34. The predicted molar refractivity (Wildman–Crippen MR) is 163 cm³/mol. The van der Waals surface area contributed by atoms with Gasteiger partial charge in [0, 0.05) is 37.5 Å². The van der Waals surface area contributed by atoms with Gasteiger partial charge in [0.1, 0.15) is 30.8 Å². The third-order valence-corrected chi connectivity index (χ3v) is 8.03. The Balaban J connectivity index is 1.28. The van der Waals surface area contributed by atoms with Gasteiger partial charge in [0.05, 0.1) is 25.5 Å². The lowest BCUT2D eigenvalue weighted by atomic mass is 10.0. The summed E-state index contributed by atoms with van der Waals surface area (Å²) in [4.78, 5) is 4.08. The van der Waals surface area contributed by atoms with Crippen molar-refractivity contribution < 1.29 is 32.1 Å². The second-order valence-electron chi connectivity index (χ2n) is 11.0. The maximum Gasteiger partial charge on any atom is 0.167 e. The van der Waals surface area contributed by atoms with Crippen molar-refractivity contribution in [1.82, 2.24) is 4.90 Å². The van der Waals surface area contributed by atoms with E-state index in [1.807, 2.05) is 53.4 Å². The van der Waals surface area contributed by atoms with E-state index in [1.54, 1.807) is 24.3 Å². The van der Waals surface area contributed by atoms with Crippen LogP contribution in [0.5, 0.6) is 23.0 Å². The molecule has 44 heavy (non-hydrogen) atoms. The number of anilines is 2. The molecule has 2 aliphatic heterocycles. The number of halogens is 3.